The van der Waals surface area contributed by atoms with E-state index in [1.54, 1.807) is 19.9 Å². The molecule has 0 saturated heterocycles. The number of carbonyl (C=O) groups is 4. The van der Waals surface area contributed by atoms with Gasteiger partial charge in [0.05, 0.1) is 7.11 Å². The molecule has 0 aliphatic heterocycles. The number of hydrogen-bond donors (Lipinski definition) is 1. The van der Waals surface area contributed by atoms with Gasteiger partial charge < -0.3 is 29.4 Å². The summed E-state index contributed by atoms with van der Waals surface area (Å²) in [7, 11) is 1.22. The van der Waals surface area contributed by atoms with Gasteiger partial charge in [-0.1, -0.05) is 59.9 Å². The number of carbonyl (C=O) groups excluding carboxylic acids is 4. The normalized spacial score (nSPS) is 15.4. The van der Waals surface area contributed by atoms with E-state index in [2.05, 4.69) is 0 Å². The minimum absolute atomic E-state index is 0.0360. The van der Waals surface area contributed by atoms with Gasteiger partial charge in [0.2, 0.25) is 0 Å². The number of nitrogens with two attached hydrogens (primary N) is 1. The zero-order valence-electron chi connectivity index (χ0n) is 25.9. The second-order valence-corrected chi connectivity index (χ2v) is 11.1. The van der Waals surface area contributed by atoms with E-state index in [0.717, 1.165) is 19.3 Å². The van der Waals surface area contributed by atoms with Gasteiger partial charge in [-0.2, -0.15) is 0 Å². The zero-order chi connectivity index (χ0) is 31.2. The molecule has 0 fully saturated rings. The molecule has 0 aliphatic rings. The van der Waals surface area contributed by atoms with Gasteiger partial charge in [0.25, 0.3) is 0 Å². The van der Waals surface area contributed by atoms with Crippen LogP contribution in [-0.4, -0.2) is 48.9 Å². The van der Waals surface area contributed by atoms with E-state index in [1.807, 2.05) is 34.6 Å². The van der Waals surface area contributed by atoms with Gasteiger partial charge >= 0.3 is 24.1 Å². The van der Waals surface area contributed by atoms with E-state index < -0.39 is 35.7 Å². The smallest absolute Gasteiger partial charge is 0.468 e. The van der Waals surface area contributed by atoms with Crippen molar-refractivity contribution in [3.8, 4) is 11.5 Å². The van der Waals surface area contributed by atoms with Crippen LogP contribution in [0, 0.1) is 11.8 Å². The zero-order valence-corrected chi connectivity index (χ0v) is 25.9. The highest BCUT2D eigenvalue weighted by molar-refractivity contribution is 5.81. The molecule has 0 aliphatic carbocycles. The van der Waals surface area contributed by atoms with Crippen molar-refractivity contribution >= 4 is 24.1 Å². The monoisotopic (exact) mass is 579 g/mol. The van der Waals surface area contributed by atoms with Gasteiger partial charge in [-0.05, 0) is 49.8 Å². The van der Waals surface area contributed by atoms with E-state index in [4.69, 9.17) is 29.4 Å². The predicted octanol–water partition coefficient (Wildman–Crippen LogP) is 5.90. The lowest BCUT2D eigenvalue weighted by Crippen LogP contribution is -2.53. The standard InChI is InChI=1S/C31H49NO9/c1-9-12-22(6)38-30(36)39-23(7)18-31(32,29(35)37-8)19-24-13-14-25(40-27(33)15-20(4)10-2)26(17-24)41-28(34)16-21(5)11-3/h13-14,17,20-23H,9-12,15-16,18-19,32H2,1-8H3/t20?,21?,22-,23-,31?/m0/s1. The first-order valence-corrected chi connectivity index (χ1v) is 14.5. The molecule has 10 nitrogen and oxygen atoms in total. The number of hydrogen-bond acceptors (Lipinski definition) is 10. The maximum atomic E-state index is 12.8. The van der Waals surface area contributed by atoms with Crippen molar-refractivity contribution in [2.45, 2.75) is 118 Å². The van der Waals surface area contributed by atoms with Crippen LogP contribution in [0.1, 0.15) is 99.0 Å². The number of esters is 3. The van der Waals surface area contributed by atoms with Gasteiger partial charge in [-0.25, -0.2) is 4.79 Å². The van der Waals surface area contributed by atoms with E-state index in [0.29, 0.717) is 12.0 Å². The van der Waals surface area contributed by atoms with Crippen LogP contribution in [0.15, 0.2) is 18.2 Å². The highest BCUT2D eigenvalue weighted by Gasteiger charge is 2.38. The molecule has 3 unspecified atom stereocenters. The fraction of sp³-hybridized carbons (Fsp3) is 0.677. The molecule has 1 rings (SSSR count). The van der Waals surface area contributed by atoms with Gasteiger partial charge in [0.1, 0.15) is 17.7 Å². The number of benzene rings is 1. The summed E-state index contributed by atoms with van der Waals surface area (Å²) in [5, 5.41) is 0. The number of rotatable bonds is 17. The van der Waals surface area contributed by atoms with Gasteiger partial charge in [-0.3, -0.25) is 14.4 Å². The average molecular weight is 580 g/mol. The lowest BCUT2D eigenvalue weighted by atomic mass is 9.86. The summed E-state index contributed by atoms with van der Waals surface area (Å²) in [6.07, 6.45) is 1.54. The van der Waals surface area contributed by atoms with Crippen molar-refractivity contribution in [3.05, 3.63) is 23.8 Å². The maximum absolute atomic E-state index is 12.8. The highest BCUT2D eigenvalue weighted by atomic mass is 16.7. The minimum atomic E-state index is -1.59. The Kier molecular flexibility index (Phi) is 15.4. The third-order valence-electron chi connectivity index (χ3n) is 6.93. The third-order valence-corrected chi connectivity index (χ3v) is 6.93. The van der Waals surface area contributed by atoms with Crippen molar-refractivity contribution < 1.29 is 42.9 Å². The van der Waals surface area contributed by atoms with Gasteiger partial charge in [-0.15, -0.1) is 0 Å². The van der Waals surface area contributed by atoms with Crippen LogP contribution in [-0.2, 0) is 35.0 Å². The Morgan fingerprint density at radius 1 is 0.829 bits per heavy atom. The van der Waals surface area contributed by atoms with Crippen LogP contribution in [0.4, 0.5) is 4.79 Å². The van der Waals surface area contributed by atoms with E-state index in [-0.39, 0.29) is 55.1 Å². The molecule has 0 heterocycles. The Hall–Kier alpha value is -3.14. The first-order valence-electron chi connectivity index (χ1n) is 14.5. The van der Waals surface area contributed by atoms with Crippen molar-refractivity contribution in [3.63, 3.8) is 0 Å². The average Bonchev–Trinajstić information content (AvgIpc) is 2.88. The van der Waals surface area contributed by atoms with Crippen molar-refractivity contribution in [2.75, 3.05) is 7.11 Å². The topological polar surface area (TPSA) is 140 Å². The van der Waals surface area contributed by atoms with Gasteiger partial charge in [0, 0.05) is 25.7 Å². The Morgan fingerprint density at radius 3 is 1.88 bits per heavy atom. The third kappa shape index (κ3) is 12.9. The molecule has 0 amide bonds. The number of methoxy groups -OCH3 is 1. The molecule has 0 aromatic heterocycles. The van der Waals surface area contributed by atoms with E-state index in [9.17, 15) is 19.2 Å². The largest absolute Gasteiger partial charge is 0.508 e. The molecule has 2 N–H and O–H groups in total. The summed E-state index contributed by atoms with van der Waals surface area (Å²) in [5.41, 5.74) is 5.47. The Morgan fingerprint density at radius 2 is 1.37 bits per heavy atom. The molecule has 0 bridgehead atoms. The molecule has 0 radical (unpaired) electrons. The summed E-state index contributed by atoms with van der Waals surface area (Å²) in [6, 6.07) is 4.67. The molecular formula is C31H49NO9. The predicted molar refractivity (Wildman–Crippen MR) is 155 cm³/mol. The van der Waals surface area contributed by atoms with Crippen LogP contribution >= 0.6 is 0 Å². The Balaban J connectivity index is 3.22. The SMILES string of the molecule is CCC[C@H](C)OC(=O)O[C@@H](C)CC(N)(Cc1ccc(OC(=O)CC(C)CC)c(OC(=O)CC(C)CC)c1)C(=O)OC. The summed E-state index contributed by atoms with van der Waals surface area (Å²) in [4.78, 5) is 50.1. The molecule has 10 heteroatoms. The lowest BCUT2D eigenvalue weighted by Gasteiger charge is -2.29. The fourth-order valence-electron chi connectivity index (χ4n) is 4.18. The van der Waals surface area contributed by atoms with Crippen LogP contribution in [0.25, 0.3) is 0 Å². The Labute approximate surface area is 244 Å². The van der Waals surface area contributed by atoms with E-state index in [1.165, 1.54) is 19.2 Å². The van der Waals surface area contributed by atoms with E-state index >= 15 is 0 Å². The van der Waals surface area contributed by atoms with Crippen molar-refractivity contribution in [1.29, 1.82) is 0 Å². The first-order chi connectivity index (χ1) is 19.3. The summed E-state index contributed by atoms with van der Waals surface area (Å²) in [6.45, 7) is 13.2. The van der Waals surface area contributed by atoms with Crippen LogP contribution < -0.4 is 15.2 Å². The molecule has 41 heavy (non-hydrogen) atoms. The van der Waals surface area contributed by atoms with Gasteiger partial charge in [0.15, 0.2) is 11.5 Å². The molecule has 232 valence electrons. The first kappa shape index (κ1) is 35.9. The number of ether oxygens (including phenoxy) is 5. The Bertz CT molecular complexity index is 1010. The second-order valence-electron chi connectivity index (χ2n) is 11.1. The molecule has 0 saturated carbocycles. The summed E-state index contributed by atoms with van der Waals surface area (Å²) in [5.74, 6) is -1.23. The highest BCUT2D eigenvalue weighted by Crippen LogP contribution is 2.32. The molecule has 5 atom stereocenters. The minimum Gasteiger partial charge on any atom is -0.468 e. The summed E-state index contributed by atoms with van der Waals surface area (Å²) >= 11 is 0. The van der Waals surface area contributed by atoms with Crippen LogP contribution in [0.3, 0.4) is 0 Å². The molecule has 0 spiro atoms. The van der Waals surface area contributed by atoms with Crippen LogP contribution in [0.2, 0.25) is 0 Å². The maximum Gasteiger partial charge on any atom is 0.508 e. The van der Waals surface area contributed by atoms with Crippen molar-refractivity contribution in [1.82, 2.24) is 0 Å². The quantitative estimate of drug-likeness (QED) is 0.175. The summed E-state index contributed by atoms with van der Waals surface area (Å²) < 4.78 is 26.7. The van der Waals surface area contributed by atoms with Crippen molar-refractivity contribution in [2.24, 2.45) is 17.6 Å². The second kappa shape index (κ2) is 17.6. The molecule has 1 aromatic carbocycles. The fourth-order valence-corrected chi connectivity index (χ4v) is 4.18. The lowest BCUT2D eigenvalue weighted by molar-refractivity contribution is -0.148. The molecular weight excluding hydrogens is 530 g/mol. The molecule has 1 aromatic rings. The van der Waals surface area contributed by atoms with Crippen LogP contribution in [0.5, 0.6) is 11.5 Å².